The largest absolute Gasteiger partial charge is 0.481 e. The van der Waals surface area contributed by atoms with Crippen LogP contribution in [0.3, 0.4) is 0 Å². The summed E-state index contributed by atoms with van der Waals surface area (Å²) in [5, 5.41) is 9.78. The van der Waals surface area contributed by atoms with E-state index < -0.39 is 11.9 Å². The second kappa shape index (κ2) is 8.08. The van der Waals surface area contributed by atoms with Crippen LogP contribution in [0.4, 0.5) is 0 Å². The molecule has 6 nitrogen and oxygen atoms in total. The highest BCUT2D eigenvalue weighted by molar-refractivity contribution is 6.30. The van der Waals surface area contributed by atoms with E-state index in [4.69, 9.17) is 11.6 Å². The number of hydrogen-bond donors (Lipinski definition) is 1. The number of halogens is 1. The van der Waals surface area contributed by atoms with E-state index in [1.165, 1.54) is 0 Å². The lowest BCUT2D eigenvalue weighted by atomic mass is 9.92. The summed E-state index contributed by atoms with van der Waals surface area (Å²) in [6, 6.07) is 6.75. The number of hydrogen-bond acceptors (Lipinski definition) is 3. The Morgan fingerprint density at radius 3 is 2.15 bits per heavy atom. The first-order valence-electron chi connectivity index (χ1n) is 9.02. The molecule has 2 aliphatic heterocycles. The molecule has 2 amide bonds. The van der Waals surface area contributed by atoms with E-state index >= 15 is 0 Å². The summed E-state index contributed by atoms with van der Waals surface area (Å²) in [6.07, 6.45) is 2.83. The van der Waals surface area contributed by atoms with Crippen LogP contribution in [0, 0.1) is 11.8 Å². The van der Waals surface area contributed by atoms with E-state index in [-0.39, 0.29) is 24.3 Å². The second-order valence-electron chi connectivity index (χ2n) is 7.06. The molecule has 0 spiro atoms. The SMILES string of the molecule is O=C(O)C1CCCN(C(=O)C2CCCN(C(=O)c3ccc(Cl)cc3)C2)C1. The van der Waals surface area contributed by atoms with Crippen molar-refractivity contribution in [2.45, 2.75) is 25.7 Å². The fraction of sp³-hybridized carbons (Fsp3) is 0.526. The van der Waals surface area contributed by atoms with Crippen molar-refractivity contribution in [1.29, 1.82) is 0 Å². The number of carbonyl (C=O) groups excluding carboxylic acids is 2. The van der Waals surface area contributed by atoms with Gasteiger partial charge in [0.2, 0.25) is 5.91 Å². The standard InChI is InChI=1S/C19H23ClN2O4/c20-16-7-5-13(6-8-16)17(23)21-9-1-3-14(11-21)18(24)22-10-2-4-15(12-22)19(25)26/h5-8,14-15H,1-4,9-12H2,(H,25,26). The summed E-state index contributed by atoms with van der Waals surface area (Å²) in [7, 11) is 0. The van der Waals surface area contributed by atoms with Gasteiger partial charge in [0.25, 0.3) is 5.91 Å². The number of nitrogens with zero attached hydrogens (tertiary/aromatic N) is 2. The quantitative estimate of drug-likeness (QED) is 0.876. The first-order chi connectivity index (χ1) is 12.5. The first-order valence-corrected chi connectivity index (χ1v) is 9.40. The molecule has 2 unspecified atom stereocenters. The third-order valence-electron chi connectivity index (χ3n) is 5.23. The fourth-order valence-corrected chi connectivity index (χ4v) is 3.90. The predicted molar refractivity (Wildman–Crippen MR) is 97.0 cm³/mol. The average Bonchev–Trinajstić information content (AvgIpc) is 2.67. The average molecular weight is 379 g/mol. The Labute approximate surface area is 157 Å². The van der Waals surface area contributed by atoms with Crippen LogP contribution >= 0.6 is 11.6 Å². The minimum Gasteiger partial charge on any atom is -0.481 e. The number of carboxylic acid groups (broad SMARTS) is 1. The molecule has 140 valence electrons. The zero-order valence-electron chi connectivity index (χ0n) is 14.6. The molecule has 1 aromatic rings. The van der Waals surface area contributed by atoms with Crippen LogP contribution in [0.25, 0.3) is 0 Å². The summed E-state index contributed by atoms with van der Waals surface area (Å²) < 4.78 is 0. The molecule has 2 heterocycles. The van der Waals surface area contributed by atoms with Gasteiger partial charge in [-0.15, -0.1) is 0 Å². The Kier molecular flexibility index (Phi) is 5.81. The summed E-state index contributed by atoms with van der Waals surface area (Å²) in [6.45, 7) is 1.89. The highest BCUT2D eigenvalue weighted by Crippen LogP contribution is 2.24. The van der Waals surface area contributed by atoms with Crippen molar-refractivity contribution in [2.24, 2.45) is 11.8 Å². The number of piperidine rings is 2. The molecule has 2 aliphatic rings. The lowest BCUT2D eigenvalue weighted by Gasteiger charge is -2.37. The molecule has 7 heteroatoms. The third-order valence-corrected chi connectivity index (χ3v) is 5.48. The Hall–Kier alpha value is -2.08. The zero-order chi connectivity index (χ0) is 18.7. The van der Waals surface area contributed by atoms with E-state index in [9.17, 15) is 19.5 Å². The van der Waals surface area contributed by atoms with Gasteiger partial charge in [0.05, 0.1) is 11.8 Å². The van der Waals surface area contributed by atoms with E-state index in [1.807, 2.05) is 0 Å². The van der Waals surface area contributed by atoms with Gasteiger partial charge < -0.3 is 14.9 Å². The van der Waals surface area contributed by atoms with Gasteiger partial charge in [-0.05, 0) is 49.9 Å². The molecular weight excluding hydrogens is 356 g/mol. The number of likely N-dealkylation sites (tertiary alicyclic amines) is 2. The minimum atomic E-state index is -0.842. The van der Waals surface area contributed by atoms with Crippen LogP contribution < -0.4 is 0 Å². The van der Waals surface area contributed by atoms with Gasteiger partial charge in [0, 0.05) is 36.8 Å². The lowest BCUT2D eigenvalue weighted by molar-refractivity contribution is -0.147. The number of carboxylic acids is 1. The van der Waals surface area contributed by atoms with E-state index in [0.717, 1.165) is 12.8 Å². The van der Waals surface area contributed by atoms with E-state index in [1.54, 1.807) is 34.1 Å². The molecule has 26 heavy (non-hydrogen) atoms. The molecule has 3 rings (SSSR count). The predicted octanol–water partition coefficient (Wildman–Crippen LogP) is 2.52. The normalized spacial score (nSPS) is 23.6. The maximum Gasteiger partial charge on any atom is 0.308 e. The van der Waals surface area contributed by atoms with Gasteiger partial charge >= 0.3 is 5.97 Å². The molecule has 2 atom stereocenters. The first kappa shape index (κ1) is 18.7. The van der Waals surface area contributed by atoms with Crippen molar-refractivity contribution in [1.82, 2.24) is 9.80 Å². The third kappa shape index (κ3) is 4.18. The van der Waals surface area contributed by atoms with Crippen molar-refractivity contribution >= 4 is 29.4 Å². The van der Waals surface area contributed by atoms with Crippen LogP contribution in [0.15, 0.2) is 24.3 Å². The maximum absolute atomic E-state index is 12.8. The number of aliphatic carboxylic acids is 1. The zero-order valence-corrected chi connectivity index (χ0v) is 15.3. The van der Waals surface area contributed by atoms with Crippen molar-refractivity contribution in [3.05, 3.63) is 34.9 Å². The number of amides is 2. The van der Waals surface area contributed by atoms with Gasteiger partial charge in [0.15, 0.2) is 0 Å². The molecular formula is C19H23ClN2O4. The van der Waals surface area contributed by atoms with Gasteiger partial charge in [0.1, 0.15) is 0 Å². The Balaban J connectivity index is 1.64. The van der Waals surface area contributed by atoms with Crippen LogP contribution in [0.2, 0.25) is 5.02 Å². The minimum absolute atomic E-state index is 0.0236. The summed E-state index contributed by atoms with van der Waals surface area (Å²) >= 11 is 5.87. The van der Waals surface area contributed by atoms with Gasteiger partial charge in [-0.25, -0.2) is 0 Å². The number of carbonyl (C=O) groups is 3. The number of benzene rings is 1. The van der Waals surface area contributed by atoms with Crippen molar-refractivity contribution in [3.8, 4) is 0 Å². The molecule has 0 aromatic heterocycles. The Morgan fingerprint density at radius 2 is 1.50 bits per heavy atom. The molecule has 0 radical (unpaired) electrons. The molecule has 0 aliphatic carbocycles. The molecule has 1 N–H and O–H groups in total. The topological polar surface area (TPSA) is 77.9 Å². The lowest BCUT2D eigenvalue weighted by Crippen LogP contribution is -2.50. The van der Waals surface area contributed by atoms with E-state index in [0.29, 0.717) is 43.1 Å². The molecule has 2 saturated heterocycles. The molecule has 0 saturated carbocycles. The van der Waals surface area contributed by atoms with Crippen LogP contribution in [0.5, 0.6) is 0 Å². The second-order valence-corrected chi connectivity index (χ2v) is 7.50. The van der Waals surface area contributed by atoms with Crippen molar-refractivity contribution in [2.75, 3.05) is 26.2 Å². The van der Waals surface area contributed by atoms with Crippen LogP contribution in [0.1, 0.15) is 36.0 Å². The Morgan fingerprint density at radius 1 is 0.923 bits per heavy atom. The van der Waals surface area contributed by atoms with Crippen LogP contribution in [-0.2, 0) is 9.59 Å². The highest BCUT2D eigenvalue weighted by atomic mass is 35.5. The monoisotopic (exact) mass is 378 g/mol. The molecule has 0 bridgehead atoms. The molecule has 2 fully saturated rings. The number of rotatable bonds is 3. The maximum atomic E-state index is 12.8. The fourth-order valence-electron chi connectivity index (χ4n) is 3.78. The molecule has 1 aromatic carbocycles. The van der Waals surface area contributed by atoms with Crippen LogP contribution in [-0.4, -0.2) is 58.9 Å². The summed E-state index contributed by atoms with van der Waals surface area (Å²) in [4.78, 5) is 40.1. The highest BCUT2D eigenvalue weighted by Gasteiger charge is 2.35. The summed E-state index contributed by atoms with van der Waals surface area (Å²) in [5.74, 6) is -1.70. The van der Waals surface area contributed by atoms with Gasteiger partial charge in [-0.2, -0.15) is 0 Å². The summed E-state index contributed by atoms with van der Waals surface area (Å²) in [5.41, 5.74) is 0.561. The Bertz CT molecular complexity index is 691. The van der Waals surface area contributed by atoms with Gasteiger partial charge in [-0.3, -0.25) is 14.4 Å². The smallest absolute Gasteiger partial charge is 0.308 e. The van der Waals surface area contributed by atoms with Crippen molar-refractivity contribution in [3.63, 3.8) is 0 Å². The van der Waals surface area contributed by atoms with E-state index in [2.05, 4.69) is 0 Å². The van der Waals surface area contributed by atoms with Gasteiger partial charge in [-0.1, -0.05) is 11.6 Å². The van der Waals surface area contributed by atoms with Crippen molar-refractivity contribution < 1.29 is 19.5 Å².